The quantitative estimate of drug-likeness (QED) is 0.218. The van der Waals surface area contributed by atoms with Crippen LogP contribution < -0.4 is 10.1 Å². The van der Waals surface area contributed by atoms with E-state index in [0.717, 1.165) is 18.2 Å². The predicted octanol–water partition coefficient (Wildman–Crippen LogP) is 4.04. The zero-order valence-electron chi connectivity index (χ0n) is 16.8. The average Bonchev–Trinajstić information content (AvgIpc) is 2.79. The molecular formula is C21H16N4O8. The standard InChI is InChI=1S/C21H16N4O8/c26-21(33-16-11-9-15(10-12-16)23(27)28)18(13-14-5-2-1-3-6-14)22-17-7-4-8-19(24(29)30)20(17)25(31)32/h1-12,18,22H,13H2. The SMILES string of the molecule is O=C(Oc1ccc([N+](=O)[O-])cc1)C(Cc1ccccc1)Nc1cccc([N+](=O)[O-])c1[N+](=O)[O-]. The molecule has 3 aromatic rings. The Morgan fingerprint density at radius 3 is 2.06 bits per heavy atom. The minimum atomic E-state index is -1.16. The Labute approximate surface area is 185 Å². The lowest BCUT2D eigenvalue weighted by Gasteiger charge is -2.19. The second kappa shape index (κ2) is 9.96. The summed E-state index contributed by atoms with van der Waals surface area (Å²) in [4.78, 5) is 44.1. The molecule has 0 aliphatic rings. The van der Waals surface area contributed by atoms with Crippen LogP contribution in [0.25, 0.3) is 0 Å². The van der Waals surface area contributed by atoms with Crippen molar-refractivity contribution >= 4 is 28.7 Å². The number of non-ortho nitro benzene ring substituents is 1. The van der Waals surface area contributed by atoms with Crippen molar-refractivity contribution in [1.29, 1.82) is 0 Å². The fourth-order valence-electron chi connectivity index (χ4n) is 3.04. The van der Waals surface area contributed by atoms with Gasteiger partial charge < -0.3 is 10.1 Å². The number of benzene rings is 3. The highest BCUT2D eigenvalue weighted by atomic mass is 16.6. The predicted molar refractivity (Wildman–Crippen MR) is 116 cm³/mol. The van der Waals surface area contributed by atoms with Gasteiger partial charge in [-0.2, -0.15) is 0 Å². The highest BCUT2D eigenvalue weighted by Gasteiger charge is 2.31. The smallest absolute Gasteiger partial charge is 0.368 e. The summed E-state index contributed by atoms with van der Waals surface area (Å²) in [5, 5.41) is 36.3. The molecular weight excluding hydrogens is 436 g/mol. The molecule has 0 aliphatic carbocycles. The monoisotopic (exact) mass is 452 g/mol. The van der Waals surface area contributed by atoms with Crippen LogP contribution >= 0.6 is 0 Å². The van der Waals surface area contributed by atoms with E-state index in [4.69, 9.17) is 4.74 Å². The number of esters is 1. The van der Waals surface area contributed by atoms with Crippen LogP contribution in [0.1, 0.15) is 5.56 Å². The van der Waals surface area contributed by atoms with Crippen LogP contribution in [-0.4, -0.2) is 26.8 Å². The minimum Gasteiger partial charge on any atom is -0.425 e. The van der Waals surface area contributed by atoms with Crippen LogP contribution in [-0.2, 0) is 11.2 Å². The summed E-state index contributed by atoms with van der Waals surface area (Å²) >= 11 is 0. The first-order chi connectivity index (χ1) is 15.8. The van der Waals surface area contributed by atoms with E-state index in [1.165, 1.54) is 24.3 Å². The van der Waals surface area contributed by atoms with Crippen LogP contribution in [0.15, 0.2) is 72.8 Å². The number of nitro benzene ring substituents is 3. The molecule has 33 heavy (non-hydrogen) atoms. The number of hydrogen-bond acceptors (Lipinski definition) is 9. The highest BCUT2D eigenvalue weighted by Crippen LogP contribution is 2.35. The van der Waals surface area contributed by atoms with Gasteiger partial charge >= 0.3 is 17.3 Å². The maximum atomic E-state index is 12.9. The normalized spacial score (nSPS) is 11.3. The van der Waals surface area contributed by atoms with Gasteiger partial charge in [0.1, 0.15) is 17.5 Å². The van der Waals surface area contributed by atoms with E-state index in [-0.39, 0.29) is 23.5 Å². The average molecular weight is 452 g/mol. The Kier molecular flexibility index (Phi) is 6.88. The van der Waals surface area contributed by atoms with Gasteiger partial charge in [0.2, 0.25) is 0 Å². The van der Waals surface area contributed by atoms with E-state index >= 15 is 0 Å². The van der Waals surface area contributed by atoms with Crippen molar-refractivity contribution in [3.8, 4) is 5.75 Å². The van der Waals surface area contributed by atoms with E-state index in [0.29, 0.717) is 5.56 Å². The Balaban J connectivity index is 1.93. The summed E-state index contributed by atoms with van der Waals surface area (Å²) in [7, 11) is 0. The van der Waals surface area contributed by atoms with E-state index < -0.39 is 38.2 Å². The molecule has 0 aliphatic heterocycles. The van der Waals surface area contributed by atoms with Gasteiger partial charge in [0.15, 0.2) is 0 Å². The van der Waals surface area contributed by atoms with Crippen molar-refractivity contribution < 1.29 is 24.3 Å². The molecule has 0 saturated heterocycles. The van der Waals surface area contributed by atoms with Gasteiger partial charge in [-0.15, -0.1) is 0 Å². The summed E-state index contributed by atoms with van der Waals surface area (Å²) in [5.41, 5.74) is -1.24. The minimum absolute atomic E-state index is 0.0269. The zero-order chi connectivity index (χ0) is 24.0. The summed E-state index contributed by atoms with van der Waals surface area (Å²) in [6, 6.07) is 15.9. The van der Waals surface area contributed by atoms with Gasteiger partial charge in [-0.3, -0.25) is 30.3 Å². The van der Waals surface area contributed by atoms with Gasteiger partial charge in [-0.25, -0.2) is 4.79 Å². The number of hydrogen-bond donors (Lipinski definition) is 1. The van der Waals surface area contributed by atoms with Crippen LogP contribution in [0.5, 0.6) is 5.75 Å². The summed E-state index contributed by atoms with van der Waals surface area (Å²) in [6.45, 7) is 0. The number of carbonyl (C=O) groups is 1. The Morgan fingerprint density at radius 1 is 0.818 bits per heavy atom. The van der Waals surface area contributed by atoms with Crippen molar-refractivity contribution in [2.75, 3.05) is 5.32 Å². The van der Waals surface area contributed by atoms with Crippen molar-refractivity contribution in [1.82, 2.24) is 0 Å². The third kappa shape index (κ3) is 5.64. The molecule has 168 valence electrons. The van der Waals surface area contributed by atoms with Crippen LogP contribution in [0.2, 0.25) is 0 Å². The van der Waals surface area contributed by atoms with Gasteiger partial charge in [-0.05, 0) is 23.8 Å². The molecule has 1 atom stereocenters. The maximum Gasteiger partial charge on any atom is 0.368 e. The zero-order valence-corrected chi connectivity index (χ0v) is 16.8. The van der Waals surface area contributed by atoms with Crippen molar-refractivity contribution in [2.24, 2.45) is 0 Å². The molecule has 0 spiro atoms. The largest absolute Gasteiger partial charge is 0.425 e. The van der Waals surface area contributed by atoms with Crippen molar-refractivity contribution in [3.63, 3.8) is 0 Å². The molecule has 12 heteroatoms. The Hall–Kier alpha value is -4.87. The highest BCUT2D eigenvalue weighted by molar-refractivity contribution is 5.84. The topological polar surface area (TPSA) is 168 Å². The van der Waals surface area contributed by atoms with Gasteiger partial charge in [0.05, 0.1) is 14.8 Å². The summed E-state index contributed by atoms with van der Waals surface area (Å²) in [6.07, 6.45) is 0.0481. The van der Waals surface area contributed by atoms with Crippen LogP contribution in [0.3, 0.4) is 0 Å². The third-order valence-corrected chi connectivity index (χ3v) is 4.56. The summed E-state index contributed by atoms with van der Waals surface area (Å²) in [5.74, 6) is -0.812. The van der Waals surface area contributed by atoms with Gasteiger partial charge in [0, 0.05) is 24.6 Å². The fraction of sp³-hybridized carbons (Fsp3) is 0.0952. The van der Waals surface area contributed by atoms with Crippen molar-refractivity contribution in [2.45, 2.75) is 12.5 Å². The summed E-state index contributed by atoms with van der Waals surface area (Å²) < 4.78 is 5.31. The molecule has 1 unspecified atom stereocenters. The van der Waals surface area contributed by atoms with Gasteiger partial charge in [0.25, 0.3) is 5.69 Å². The first-order valence-corrected chi connectivity index (χ1v) is 9.44. The number of ether oxygens (including phenoxy) is 1. The molecule has 0 saturated carbocycles. The van der Waals surface area contributed by atoms with E-state index in [9.17, 15) is 35.1 Å². The lowest BCUT2D eigenvalue weighted by molar-refractivity contribution is -0.421. The molecule has 12 nitrogen and oxygen atoms in total. The van der Waals surface area contributed by atoms with E-state index in [2.05, 4.69) is 5.32 Å². The van der Waals surface area contributed by atoms with Crippen molar-refractivity contribution in [3.05, 3.63) is 109 Å². The molecule has 3 aromatic carbocycles. The number of para-hydroxylation sites is 1. The number of rotatable bonds is 9. The number of nitrogens with one attached hydrogen (secondary N) is 1. The maximum absolute atomic E-state index is 12.9. The molecule has 0 bridgehead atoms. The molecule has 0 heterocycles. The van der Waals surface area contributed by atoms with Crippen LogP contribution in [0.4, 0.5) is 22.7 Å². The van der Waals surface area contributed by atoms with Gasteiger partial charge in [-0.1, -0.05) is 36.4 Å². The second-order valence-corrected chi connectivity index (χ2v) is 6.75. The number of nitrogens with zero attached hydrogens (tertiary/aromatic N) is 3. The first kappa shape index (κ1) is 22.8. The third-order valence-electron chi connectivity index (χ3n) is 4.56. The number of nitro groups is 3. The number of anilines is 1. The van der Waals surface area contributed by atoms with Crippen LogP contribution in [0, 0.1) is 30.3 Å². The molecule has 0 radical (unpaired) electrons. The van der Waals surface area contributed by atoms with E-state index in [1.54, 1.807) is 30.3 Å². The molecule has 0 fully saturated rings. The van der Waals surface area contributed by atoms with E-state index in [1.807, 2.05) is 0 Å². The lowest BCUT2D eigenvalue weighted by Crippen LogP contribution is -2.35. The second-order valence-electron chi connectivity index (χ2n) is 6.75. The molecule has 0 aromatic heterocycles. The molecule has 0 amide bonds. The Bertz CT molecular complexity index is 1200. The molecule has 3 rings (SSSR count). The first-order valence-electron chi connectivity index (χ1n) is 9.44. The Morgan fingerprint density at radius 2 is 1.48 bits per heavy atom. The fourth-order valence-corrected chi connectivity index (χ4v) is 3.04. The molecule has 1 N–H and O–H groups in total. The number of carbonyl (C=O) groups excluding carboxylic acids is 1. The lowest BCUT2D eigenvalue weighted by atomic mass is 10.1.